The van der Waals surface area contributed by atoms with Crippen molar-refractivity contribution < 1.29 is 16.8 Å². The number of anilines is 2. The van der Waals surface area contributed by atoms with Crippen LogP contribution in [0.4, 0.5) is 11.5 Å². The lowest BCUT2D eigenvalue weighted by Crippen LogP contribution is -2.27. The summed E-state index contributed by atoms with van der Waals surface area (Å²) in [6, 6.07) is 20.4. The fraction of sp³-hybridized carbons (Fsp3) is 0.259. The smallest absolute Gasteiger partial charge is 0.206 e. The number of fused-ring (bicyclic) bond motifs is 1. The van der Waals surface area contributed by atoms with Gasteiger partial charge in [0.05, 0.1) is 21.1 Å². The second-order valence-corrected chi connectivity index (χ2v) is 13.4. The maximum atomic E-state index is 12.9. The fourth-order valence-corrected chi connectivity index (χ4v) is 5.85. The second-order valence-electron chi connectivity index (χ2n) is 9.22. The lowest BCUT2D eigenvalue weighted by Gasteiger charge is -2.16. The molecule has 3 N–H and O–H groups in total. The van der Waals surface area contributed by atoms with Crippen molar-refractivity contribution in [2.75, 3.05) is 49.7 Å². The summed E-state index contributed by atoms with van der Waals surface area (Å²) >= 11 is 0. The Balaban J connectivity index is 1.46. The monoisotopic (exact) mass is 553 g/mol. The highest BCUT2D eigenvalue weighted by Crippen LogP contribution is 2.27. The molecule has 0 unspecified atom stereocenters. The quantitative estimate of drug-likeness (QED) is 0.268. The van der Waals surface area contributed by atoms with Crippen LogP contribution in [0.5, 0.6) is 0 Å². The number of aromatic nitrogens is 2. The zero-order valence-corrected chi connectivity index (χ0v) is 23.0. The van der Waals surface area contributed by atoms with Crippen LogP contribution in [-0.4, -0.2) is 70.4 Å². The van der Waals surface area contributed by atoms with Crippen molar-refractivity contribution in [3.05, 3.63) is 72.8 Å². The molecule has 0 bridgehead atoms. The van der Waals surface area contributed by atoms with Gasteiger partial charge in [-0.25, -0.2) is 26.8 Å². The van der Waals surface area contributed by atoms with Gasteiger partial charge in [0.15, 0.2) is 5.82 Å². The average molecular weight is 554 g/mol. The highest BCUT2D eigenvalue weighted by molar-refractivity contribution is 7.91. The molecule has 0 fully saturated rings. The Morgan fingerprint density at radius 1 is 0.868 bits per heavy atom. The van der Waals surface area contributed by atoms with Gasteiger partial charge in [0.2, 0.25) is 9.84 Å². The molecule has 11 heteroatoms. The first kappa shape index (κ1) is 27.5. The maximum Gasteiger partial charge on any atom is 0.206 e. The van der Waals surface area contributed by atoms with Crippen LogP contribution in [0.25, 0.3) is 22.3 Å². The van der Waals surface area contributed by atoms with Gasteiger partial charge in [0.1, 0.15) is 15.7 Å². The summed E-state index contributed by atoms with van der Waals surface area (Å²) in [4.78, 5) is 11.5. The van der Waals surface area contributed by atoms with Gasteiger partial charge in [-0.3, -0.25) is 0 Å². The lowest BCUT2D eigenvalue weighted by atomic mass is 10.1. The maximum absolute atomic E-state index is 12.9. The summed E-state index contributed by atoms with van der Waals surface area (Å²) < 4.78 is 48.4. The minimum absolute atomic E-state index is 0.149. The predicted molar refractivity (Wildman–Crippen MR) is 152 cm³/mol. The van der Waals surface area contributed by atoms with Crippen molar-refractivity contribution in [1.82, 2.24) is 14.9 Å². The number of sulfone groups is 2. The van der Waals surface area contributed by atoms with Crippen molar-refractivity contribution in [2.45, 2.75) is 16.2 Å². The molecule has 3 aromatic carbocycles. The van der Waals surface area contributed by atoms with Crippen LogP contribution in [0.15, 0.2) is 82.6 Å². The van der Waals surface area contributed by atoms with Gasteiger partial charge in [-0.15, -0.1) is 0 Å². The fourth-order valence-electron chi connectivity index (χ4n) is 3.93. The third-order valence-corrected chi connectivity index (χ3v) is 8.80. The van der Waals surface area contributed by atoms with Crippen LogP contribution >= 0.6 is 0 Å². The zero-order chi connectivity index (χ0) is 27.3. The summed E-state index contributed by atoms with van der Waals surface area (Å²) in [5.74, 6) is 0.893. The molecule has 0 aliphatic rings. The number of hydrogen-bond donors (Lipinski definition) is 2. The number of hydrogen-bond acceptors (Lipinski definition) is 9. The molecule has 4 aromatic rings. The molecule has 4 rings (SSSR count). The third kappa shape index (κ3) is 6.85. The van der Waals surface area contributed by atoms with Gasteiger partial charge in [-0.1, -0.05) is 18.2 Å². The summed E-state index contributed by atoms with van der Waals surface area (Å²) in [7, 11) is -4.68. The van der Waals surface area contributed by atoms with E-state index >= 15 is 0 Å². The van der Waals surface area contributed by atoms with Crippen molar-refractivity contribution in [1.29, 1.82) is 0 Å². The normalized spacial score (nSPS) is 12.2. The van der Waals surface area contributed by atoms with E-state index in [1.807, 2.05) is 30.1 Å². The summed E-state index contributed by atoms with van der Waals surface area (Å²) in [6.45, 7) is 1.98. The van der Waals surface area contributed by atoms with E-state index in [0.717, 1.165) is 24.0 Å². The Kier molecular flexibility index (Phi) is 8.29. The number of nitrogens with one attached hydrogen (secondary N) is 1. The van der Waals surface area contributed by atoms with Crippen molar-refractivity contribution in [2.24, 2.45) is 0 Å². The van der Waals surface area contributed by atoms with E-state index in [1.54, 1.807) is 54.6 Å². The largest absolute Gasteiger partial charge is 0.385 e. The van der Waals surface area contributed by atoms with E-state index in [9.17, 15) is 16.8 Å². The van der Waals surface area contributed by atoms with E-state index in [1.165, 1.54) is 6.26 Å². The first-order valence-electron chi connectivity index (χ1n) is 12.1. The van der Waals surface area contributed by atoms with Gasteiger partial charge in [-0.05, 0) is 74.6 Å². The van der Waals surface area contributed by atoms with Crippen LogP contribution in [0.3, 0.4) is 0 Å². The molecule has 0 spiro atoms. The molecule has 0 radical (unpaired) electrons. The Morgan fingerprint density at radius 2 is 1.55 bits per heavy atom. The number of nitrogens with zero attached hydrogens (tertiary/aromatic N) is 3. The molecule has 9 nitrogen and oxygen atoms in total. The minimum Gasteiger partial charge on any atom is -0.385 e. The van der Waals surface area contributed by atoms with E-state index < -0.39 is 19.7 Å². The number of benzene rings is 3. The van der Waals surface area contributed by atoms with Gasteiger partial charge in [-0.2, -0.15) is 0 Å². The molecule has 38 heavy (non-hydrogen) atoms. The van der Waals surface area contributed by atoms with Gasteiger partial charge in [0.25, 0.3) is 0 Å². The Hall–Kier alpha value is -3.54. The SMILES string of the molecule is CN(CCCNc1ccc2c(N)nc(-c3ccc(S(=O)(=O)c4ccccc4)cc3)nc2c1)CCS(C)(=O)=O. The molecule has 0 amide bonds. The molecule has 1 aromatic heterocycles. The van der Waals surface area contributed by atoms with Crippen LogP contribution in [0.1, 0.15) is 6.42 Å². The molecule has 0 saturated carbocycles. The Morgan fingerprint density at radius 3 is 2.24 bits per heavy atom. The topological polar surface area (TPSA) is 135 Å². The first-order chi connectivity index (χ1) is 18.0. The first-order valence-corrected chi connectivity index (χ1v) is 15.7. The summed E-state index contributed by atoms with van der Waals surface area (Å²) in [5.41, 5.74) is 8.42. The lowest BCUT2D eigenvalue weighted by molar-refractivity contribution is 0.351. The minimum atomic E-state index is -3.62. The number of rotatable bonds is 11. The average Bonchev–Trinajstić information content (AvgIpc) is 2.90. The zero-order valence-electron chi connectivity index (χ0n) is 21.3. The summed E-state index contributed by atoms with van der Waals surface area (Å²) in [5, 5.41) is 4.10. The Bertz CT molecular complexity index is 1630. The van der Waals surface area contributed by atoms with Crippen LogP contribution in [-0.2, 0) is 19.7 Å². The predicted octanol–water partition coefficient (Wildman–Crippen LogP) is 3.49. The third-order valence-electron chi connectivity index (χ3n) is 6.09. The van der Waals surface area contributed by atoms with Gasteiger partial charge < -0.3 is 16.0 Å². The number of nitrogen functional groups attached to an aromatic ring is 1. The molecule has 0 aliphatic heterocycles. The van der Waals surface area contributed by atoms with Gasteiger partial charge >= 0.3 is 0 Å². The standard InChI is InChI=1S/C27H31N5O4S2/c1-32(17-18-37(2,33)34)16-6-15-29-21-11-14-24-25(19-21)30-27(31-26(24)28)20-9-12-23(13-10-20)38(35,36)22-7-4-3-5-8-22/h3-5,7-14,19,29H,6,15-18H2,1-2H3,(H2,28,30,31). The molecule has 0 atom stereocenters. The van der Waals surface area contributed by atoms with Gasteiger partial charge in [0, 0.05) is 36.0 Å². The van der Waals surface area contributed by atoms with Crippen molar-refractivity contribution >= 4 is 42.1 Å². The van der Waals surface area contributed by atoms with Crippen LogP contribution in [0.2, 0.25) is 0 Å². The molecule has 1 heterocycles. The highest BCUT2D eigenvalue weighted by Gasteiger charge is 2.17. The van der Waals surface area contributed by atoms with E-state index in [-0.39, 0.29) is 15.5 Å². The molecule has 0 aliphatic carbocycles. The molecular formula is C27H31N5O4S2. The molecular weight excluding hydrogens is 522 g/mol. The summed E-state index contributed by atoms with van der Waals surface area (Å²) in [6.07, 6.45) is 2.09. The molecule has 200 valence electrons. The highest BCUT2D eigenvalue weighted by atomic mass is 32.2. The van der Waals surface area contributed by atoms with Crippen molar-refractivity contribution in [3.63, 3.8) is 0 Å². The second kappa shape index (κ2) is 11.5. The number of nitrogens with two attached hydrogens (primary N) is 1. The molecule has 0 saturated heterocycles. The van der Waals surface area contributed by atoms with Crippen LogP contribution < -0.4 is 11.1 Å². The van der Waals surface area contributed by atoms with E-state index in [2.05, 4.69) is 15.3 Å². The van der Waals surface area contributed by atoms with E-state index in [4.69, 9.17) is 5.73 Å². The van der Waals surface area contributed by atoms with Crippen molar-refractivity contribution in [3.8, 4) is 11.4 Å². The van der Waals surface area contributed by atoms with Crippen LogP contribution in [0, 0.1) is 0 Å². The Labute approximate surface area is 223 Å². The van der Waals surface area contributed by atoms with E-state index in [0.29, 0.717) is 35.8 Å².